The zero-order valence-electron chi connectivity index (χ0n) is 8.49. The van der Waals surface area contributed by atoms with Gasteiger partial charge < -0.3 is 4.74 Å². The van der Waals surface area contributed by atoms with Crippen molar-refractivity contribution in [2.45, 2.75) is 26.4 Å². The van der Waals surface area contributed by atoms with Gasteiger partial charge in [0, 0.05) is 19.7 Å². The Hall–Kier alpha value is -0.590. The van der Waals surface area contributed by atoms with Gasteiger partial charge in [-0.2, -0.15) is 5.26 Å². The van der Waals surface area contributed by atoms with Gasteiger partial charge in [-0.1, -0.05) is 13.8 Å². The van der Waals surface area contributed by atoms with E-state index < -0.39 is 0 Å². The average Bonchev–Trinajstić information content (AvgIpc) is 2.30. The van der Waals surface area contributed by atoms with E-state index in [0.717, 1.165) is 26.1 Å². The minimum atomic E-state index is 0.302. The van der Waals surface area contributed by atoms with Gasteiger partial charge in [0.15, 0.2) is 0 Å². The molecule has 0 N–H and O–H groups in total. The Labute approximate surface area is 80.3 Å². The molecule has 0 aromatic carbocycles. The van der Waals surface area contributed by atoms with Crippen LogP contribution in [-0.4, -0.2) is 37.2 Å². The lowest BCUT2D eigenvalue weighted by Gasteiger charge is -2.23. The molecule has 0 aliphatic carbocycles. The van der Waals surface area contributed by atoms with Crippen LogP contribution < -0.4 is 0 Å². The Kier molecular flexibility index (Phi) is 4.20. The monoisotopic (exact) mass is 182 g/mol. The summed E-state index contributed by atoms with van der Waals surface area (Å²) < 4.78 is 5.69. The molecule has 1 saturated heterocycles. The Morgan fingerprint density at radius 2 is 2.38 bits per heavy atom. The molecular formula is C10H18N2O. The molecule has 3 heteroatoms. The van der Waals surface area contributed by atoms with E-state index in [1.165, 1.54) is 0 Å². The number of nitriles is 1. The number of hydrogen-bond acceptors (Lipinski definition) is 3. The molecule has 0 aromatic heterocycles. The van der Waals surface area contributed by atoms with Gasteiger partial charge in [0.25, 0.3) is 0 Å². The van der Waals surface area contributed by atoms with Crippen molar-refractivity contribution in [1.82, 2.24) is 4.90 Å². The summed E-state index contributed by atoms with van der Waals surface area (Å²) in [7, 11) is 0. The molecule has 1 aliphatic rings. The summed E-state index contributed by atoms with van der Waals surface area (Å²) >= 11 is 0. The maximum absolute atomic E-state index is 8.60. The van der Waals surface area contributed by atoms with Crippen LogP contribution in [0.5, 0.6) is 0 Å². The van der Waals surface area contributed by atoms with Crippen molar-refractivity contribution in [2.24, 2.45) is 5.92 Å². The molecule has 1 heterocycles. The molecule has 74 valence electrons. The van der Waals surface area contributed by atoms with Gasteiger partial charge in [0.05, 0.1) is 18.7 Å². The normalized spacial score (nSPS) is 25.5. The topological polar surface area (TPSA) is 36.3 Å². The first kappa shape index (κ1) is 10.5. The van der Waals surface area contributed by atoms with E-state index in [9.17, 15) is 0 Å². The molecule has 1 rings (SSSR count). The van der Waals surface area contributed by atoms with Crippen molar-refractivity contribution in [2.75, 3.05) is 26.2 Å². The molecule has 3 nitrogen and oxygen atoms in total. The summed E-state index contributed by atoms with van der Waals surface area (Å²) in [5.74, 6) is 0.541. The van der Waals surface area contributed by atoms with Gasteiger partial charge in [0.1, 0.15) is 0 Å². The highest BCUT2D eigenvalue weighted by atomic mass is 16.5. The maximum Gasteiger partial charge on any atom is 0.0866 e. The third-order valence-electron chi connectivity index (χ3n) is 2.43. The summed E-state index contributed by atoms with van der Waals surface area (Å²) in [6.07, 6.45) is 1.35. The summed E-state index contributed by atoms with van der Waals surface area (Å²) in [4.78, 5) is 2.18. The van der Waals surface area contributed by atoms with Crippen molar-refractivity contribution in [3.05, 3.63) is 0 Å². The highest BCUT2D eigenvalue weighted by Crippen LogP contribution is 2.12. The quantitative estimate of drug-likeness (QED) is 0.603. The van der Waals surface area contributed by atoms with Crippen LogP contribution >= 0.6 is 0 Å². The summed E-state index contributed by atoms with van der Waals surface area (Å²) in [6.45, 7) is 7.61. The van der Waals surface area contributed by atoms with E-state index in [2.05, 4.69) is 24.8 Å². The van der Waals surface area contributed by atoms with Gasteiger partial charge in [-0.15, -0.1) is 0 Å². The predicted octanol–water partition coefficient (Wildman–Crippen LogP) is 1.26. The predicted molar refractivity (Wildman–Crippen MR) is 51.2 cm³/mol. The minimum Gasteiger partial charge on any atom is -0.377 e. The van der Waals surface area contributed by atoms with Gasteiger partial charge in [-0.3, -0.25) is 4.90 Å². The number of nitrogens with zero attached hydrogens (tertiary/aromatic N) is 2. The van der Waals surface area contributed by atoms with Crippen LogP contribution in [0.1, 0.15) is 20.3 Å². The minimum absolute atomic E-state index is 0.302. The van der Waals surface area contributed by atoms with Gasteiger partial charge in [-0.05, 0) is 12.3 Å². The standard InChI is InChI=1S/C10H18N2O/c1-9(2)10-8-12(6-4-11)5-3-7-13-10/h9-10H,3,5-8H2,1-2H3. The van der Waals surface area contributed by atoms with Gasteiger partial charge >= 0.3 is 0 Å². The molecule has 0 bridgehead atoms. The highest BCUT2D eigenvalue weighted by Gasteiger charge is 2.20. The molecule has 1 unspecified atom stereocenters. The molecule has 0 spiro atoms. The Balaban J connectivity index is 2.45. The fourth-order valence-corrected chi connectivity index (χ4v) is 1.57. The molecule has 1 aliphatic heterocycles. The van der Waals surface area contributed by atoms with Gasteiger partial charge in [0.2, 0.25) is 0 Å². The first-order valence-corrected chi connectivity index (χ1v) is 4.95. The van der Waals surface area contributed by atoms with E-state index in [-0.39, 0.29) is 0 Å². The third-order valence-corrected chi connectivity index (χ3v) is 2.43. The zero-order valence-corrected chi connectivity index (χ0v) is 8.49. The average molecular weight is 182 g/mol. The molecule has 1 fully saturated rings. The molecule has 1 atom stereocenters. The first-order valence-electron chi connectivity index (χ1n) is 4.95. The van der Waals surface area contributed by atoms with Crippen molar-refractivity contribution >= 4 is 0 Å². The van der Waals surface area contributed by atoms with Crippen LogP contribution in [0.2, 0.25) is 0 Å². The van der Waals surface area contributed by atoms with Crippen LogP contribution in [-0.2, 0) is 4.74 Å². The smallest absolute Gasteiger partial charge is 0.0866 e. The largest absolute Gasteiger partial charge is 0.377 e. The zero-order chi connectivity index (χ0) is 9.68. The van der Waals surface area contributed by atoms with Crippen molar-refractivity contribution in [3.8, 4) is 6.07 Å². The molecule has 0 aromatic rings. The Bertz CT molecular complexity index is 186. The Morgan fingerprint density at radius 1 is 1.62 bits per heavy atom. The van der Waals surface area contributed by atoms with Gasteiger partial charge in [-0.25, -0.2) is 0 Å². The van der Waals surface area contributed by atoms with E-state index in [4.69, 9.17) is 10.00 Å². The third kappa shape index (κ3) is 3.33. The molecule has 0 amide bonds. The van der Waals surface area contributed by atoms with Crippen molar-refractivity contribution < 1.29 is 4.74 Å². The maximum atomic E-state index is 8.60. The second-order valence-corrected chi connectivity index (χ2v) is 3.90. The summed E-state index contributed by atoms with van der Waals surface area (Å²) in [5, 5.41) is 8.60. The van der Waals surface area contributed by atoms with Crippen LogP contribution in [0.15, 0.2) is 0 Å². The molecule has 0 saturated carbocycles. The fraction of sp³-hybridized carbons (Fsp3) is 0.900. The number of ether oxygens (including phenoxy) is 1. The second kappa shape index (κ2) is 5.21. The lowest BCUT2D eigenvalue weighted by atomic mass is 10.1. The van der Waals surface area contributed by atoms with Crippen molar-refractivity contribution in [3.63, 3.8) is 0 Å². The number of rotatable bonds is 2. The first-order chi connectivity index (χ1) is 6.24. The van der Waals surface area contributed by atoms with Crippen LogP contribution in [0.25, 0.3) is 0 Å². The molecule has 13 heavy (non-hydrogen) atoms. The summed E-state index contributed by atoms with van der Waals surface area (Å²) in [6, 6.07) is 2.20. The lowest BCUT2D eigenvalue weighted by Crippen LogP contribution is -2.34. The highest BCUT2D eigenvalue weighted by molar-refractivity contribution is 4.80. The molecular weight excluding hydrogens is 164 g/mol. The van der Waals surface area contributed by atoms with Crippen LogP contribution in [0, 0.1) is 17.2 Å². The van der Waals surface area contributed by atoms with E-state index in [1.807, 2.05) is 0 Å². The van der Waals surface area contributed by atoms with Crippen LogP contribution in [0.3, 0.4) is 0 Å². The SMILES string of the molecule is CC(C)C1CN(CC#N)CCCO1. The van der Waals surface area contributed by atoms with E-state index >= 15 is 0 Å². The Morgan fingerprint density at radius 3 is 3.00 bits per heavy atom. The second-order valence-electron chi connectivity index (χ2n) is 3.90. The van der Waals surface area contributed by atoms with E-state index in [1.54, 1.807) is 0 Å². The van der Waals surface area contributed by atoms with Crippen LogP contribution in [0.4, 0.5) is 0 Å². The fourth-order valence-electron chi connectivity index (χ4n) is 1.57. The van der Waals surface area contributed by atoms with Crippen molar-refractivity contribution in [1.29, 1.82) is 5.26 Å². The summed E-state index contributed by atoms with van der Waals surface area (Å²) in [5.41, 5.74) is 0. The number of hydrogen-bond donors (Lipinski definition) is 0. The lowest BCUT2D eigenvalue weighted by molar-refractivity contribution is 0.0245. The van der Waals surface area contributed by atoms with E-state index in [0.29, 0.717) is 18.6 Å². The molecule has 0 radical (unpaired) electrons.